The Labute approximate surface area is 161 Å². The highest BCUT2D eigenvalue weighted by Crippen LogP contribution is 2.28. The molecule has 7 nitrogen and oxygen atoms in total. The maximum absolute atomic E-state index is 12.3. The summed E-state index contributed by atoms with van der Waals surface area (Å²) in [4.78, 5) is 25.8. The van der Waals surface area contributed by atoms with Gasteiger partial charge in [-0.25, -0.2) is 0 Å². The molecule has 1 aliphatic heterocycles. The molecule has 0 spiro atoms. The Morgan fingerprint density at radius 1 is 1.19 bits per heavy atom. The Kier molecular flexibility index (Phi) is 8.39. The van der Waals surface area contributed by atoms with Gasteiger partial charge in [0.05, 0.1) is 13.7 Å². The van der Waals surface area contributed by atoms with Crippen molar-refractivity contribution >= 4 is 11.8 Å². The Balaban J connectivity index is 1.76. The van der Waals surface area contributed by atoms with Gasteiger partial charge in [-0.1, -0.05) is 6.07 Å². The number of hydrogen-bond acceptors (Lipinski definition) is 5. The lowest BCUT2D eigenvalue weighted by Crippen LogP contribution is -2.47. The van der Waals surface area contributed by atoms with Gasteiger partial charge in [0.15, 0.2) is 11.5 Å². The van der Waals surface area contributed by atoms with Crippen molar-refractivity contribution in [3.63, 3.8) is 0 Å². The average Bonchev–Trinajstić information content (AvgIpc) is 2.68. The van der Waals surface area contributed by atoms with Gasteiger partial charge in [0.1, 0.15) is 6.61 Å². The highest BCUT2D eigenvalue weighted by atomic mass is 16.5. The normalized spacial score (nSPS) is 14.7. The fraction of sp³-hybridized carbons (Fsp3) is 0.600. The van der Waals surface area contributed by atoms with E-state index in [0.29, 0.717) is 44.0 Å². The van der Waals surface area contributed by atoms with Gasteiger partial charge in [0.2, 0.25) is 11.8 Å². The second-order valence-electron chi connectivity index (χ2n) is 6.57. The van der Waals surface area contributed by atoms with Gasteiger partial charge in [0, 0.05) is 32.7 Å². The van der Waals surface area contributed by atoms with E-state index in [1.165, 1.54) is 7.11 Å². The predicted octanol–water partition coefficient (Wildman–Crippen LogP) is 1.78. The van der Waals surface area contributed by atoms with Gasteiger partial charge >= 0.3 is 0 Å². The van der Waals surface area contributed by atoms with E-state index in [1.54, 1.807) is 12.0 Å². The van der Waals surface area contributed by atoms with Crippen molar-refractivity contribution in [3.8, 4) is 11.5 Å². The van der Waals surface area contributed by atoms with Gasteiger partial charge in [-0.15, -0.1) is 0 Å². The number of rotatable bonds is 9. The Morgan fingerprint density at radius 2 is 1.93 bits per heavy atom. The molecular formula is C20H30N2O5. The Bertz CT molecular complexity index is 627. The number of benzene rings is 1. The van der Waals surface area contributed by atoms with E-state index in [1.807, 2.05) is 25.1 Å². The van der Waals surface area contributed by atoms with Crippen molar-refractivity contribution in [2.45, 2.75) is 38.6 Å². The molecule has 1 aromatic carbocycles. The SMILES string of the molecule is CCOc1ccc(CCC(=O)NC2CCN(C(=O)COC)CC2)cc1OC. The Hall–Kier alpha value is -2.28. The number of carbonyl (C=O) groups is 2. The number of methoxy groups -OCH3 is 2. The third-order valence-corrected chi connectivity index (χ3v) is 4.65. The van der Waals surface area contributed by atoms with Gasteiger partial charge in [-0.3, -0.25) is 9.59 Å². The minimum Gasteiger partial charge on any atom is -0.493 e. The van der Waals surface area contributed by atoms with E-state index in [2.05, 4.69) is 5.32 Å². The molecule has 1 saturated heterocycles. The maximum atomic E-state index is 12.3. The van der Waals surface area contributed by atoms with Crippen LogP contribution in [-0.4, -0.2) is 63.3 Å². The second kappa shape index (κ2) is 10.8. The topological polar surface area (TPSA) is 77.1 Å². The summed E-state index contributed by atoms with van der Waals surface area (Å²) >= 11 is 0. The minimum atomic E-state index is 0.00623. The van der Waals surface area contributed by atoms with Crippen molar-refractivity contribution < 1.29 is 23.8 Å². The summed E-state index contributed by atoms with van der Waals surface area (Å²) in [5.41, 5.74) is 1.03. The number of carbonyl (C=O) groups excluding carboxylic acids is 2. The van der Waals surface area contributed by atoms with E-state index >= 15 is 0 Å². The number of ether oxygens (including phenoxy) is 3. The first kappa shape index (κ1) is 21.0. The molecule has 2 rings (SSSR count). The molecule has 1 aromatic rings. The van der Waals surface area contributed by atoms with Gasteiger partial charge < -0.3 is 24.4 Å². The number of piperidine rings is 1. The number of likely N-dealkylation sites (tertiary alicyclic amines) is 1. The van der Waals surface area contributed by atoms with Crippen molar-refractivity contribution in [1.29, 1.82) is 0 Å². The summed E-state index contributed by atoms with van der Waals surface area (Å²) in [5.74, 6) is 1.43. The van der Waals surface area contributed by atoms with Crippen LogP contribution < -0.4 is 14.8 Å². The smallest absolute Gasteiger partial charge is 0.248 e. The van der Waals surface area contributed by atoms with Gasteiger partial charge in [-0.05, 0) is 43.9 Å². The maximum Gasteiger partial charge on any atom is 0.248 e. The molecule has 1 heterocycles. The van der Waals surface area contributed by atoms with E-state index in [9.17, 15) is 9.59 Å². The number of aryl methyl sites for hydroxylation is 1. The third-order valence-electron chi connectivity index (χ3n) is 4.65. The monoisotopic (exact) mass is 378 g/mol. The molecular weight excluding hydrogens is 348 g/mol. The van der Waals surface area contributed by atoms with Crippen LogP contribution in [0.15, 0.2) is 18.2 Å². The molecule has 0 aromatic heterocycles. The van der Waals surface area contributed by atoms with Crippen molar-refractivity contribution in [3.05, 3.63) is 23.8 Å². The summed E-state index contributed by atoms with van der Waals surface area (Å²) in [7, 11) is 3.13. The van der Waals surface area contributed by atoms with Crippen molar-refractivity contribution in [1.82, 2.24) is 10.2 Å². The standard InChI is InChI=1S/C20H30N2O5/c1-4-27-17-7-5-15(13-18(17)26-3)6-8-19(23)21-16-9-11-22(12-10-16)20(24)14-25-2/h5,7,13,16H,4,6,8-12,14H2,1-3H3,(H,21,23). The molecule has 1 N–H and O–H groups in total. The van der Waals surface area contributed by atoms with Crippen LogP contribution in [-0.2, 0) is 20.7 Å². The molecule has 0 aliphatic carbocycles. The van der Waals surface area contributed by atoms with E-state index < -0.39 is 0 Å². The molecule has 0 atom stereocenters. The highest BCUT2D eigenvalue weighted by Gasteiger charge is 2.23. The van der Waals surface area contributed by atoms with Crippen LogP contribution in [0.1, 0.15) is 31.7 Å². The molecule has 27 heavy (non-hydrogen) atoms. The minimum absolute atomic E-state index is 0.00623. The average molecular weight is 378 g/mol. The van der Waals surface area contributed by atoms with Crippen LogP contribution in [0.3, 0.4) is 0 Å². The molecule has 0 bridgehead atoms. The molecule has 0 saturated carbocycles. The van der Waals surface area contributed by atoms with Crippen LogP contribution >= 0.6 is 0 Å². The summed E-state index contributed by atoms with van der Waals surface area (Å²) < 4.78 is 15.7. The molecule has 7 heteroatoms. The molecule has 1 fully saturated rings. The lowest BCUT2D eigenvalue weighted by atomic mass is 10.0. The zero-order chi connectivity index (χ0) is 19.6. The largest absolute Gasteiger partial charge is 0.493 e. The van der Waals surface area contributed by atoms with E-state index in [4.69, 9.17) is 14.2 Å². The van der Waals surface area contributed by atoms with Gasteiger partial charge in [0.25, 0.3) is 0 Å². The third kappa shape index (κ3) is 6.43. The number of nitrogens with zero attached hydrogens (tertiary/aromatic N) is 1. The summed E-state index contributed by atoms with van der Waals surface area (Å²) in [6.07, 6.45) is 2.61. The number of hydrogen-bond donors (Lipinski definition) is 1. The van der Waals surface area contributed by atoms with Crippen LogP contribution in [0.2, 0.25) is 0 Å². The zero-order valence-corrected chi connectivity index (χ0v) is 16.5. The second-order valence-corrected chi connectivity index (χ2v) is 6.57. The molecule has 1 aliphatic rings. The Morgan fingerprint density at radius 3 is 2.56 bits per heavy atom. The van der Waals surface area contributed by atoms with Crippen molar-refractivity contribution in [2.24, 2.45) is 0 Å². The summed E-state index contributed by atoms with van der Waals surface area (Å²) in [6.45, 7) is 3.93. The fourth-order valence-corrected chi connectivity index (χ4v) is 3.19. The van der Waals surface area contributed by atoms with Crippen LogP contribution in [0.5, 0.6) is 11.5 Å². The quantitative estimate of drug-likeness (QED) is 0.709. The first-order valence-electron chi connectivity index (χ1n) is 9.43. The van der Waals surface area contributed by atoms with E-state index in [0.717, 1.165) is 18.4 Å². The highest BCUT2D eigenvalue weighted by molar-refractivity contribution is 5.78. The van der Waals surface area contributed by atoms with E-state index in [-0.39, 0.29) is 24.5 Å². The lowest BCUT2D eigenvalue weighted by Gasteiger charge is -2.32. The molecule has 0 radical (unpaired) electrons. The zero-order valence-electron chi connectivity index (χ0n) is 16.5. The number of nitrogens with one attached hydrogen (secondary N) is 1. The predicted molar refractivity (Wildman–Crippen MR) is 102 cm³/mol. The first-order valence-corrected chi connectivity index (χ1v) is 9.43. The van der Waals surface area contributed by atoms with Crippen LogP contribution in [0, 0.1) is 0 Å². The summed E-state index contributed by atoms with van der Waals surface area (Å²) in [6, 6.07) is 5.88. The molecule has 0 unspecified atom stereocenters. The van der Waals surface area contributed by atoms with Crippen LogP contribution in [0.25, 0.3) is 0 Å². The summed E-state index contributed by atoms with van der Waals surface area (Å²) in [5, 5.41) is 3.08. The lowest BCUT2D eigenvalue weighted by molar-refractivity contribution is -0.136. The molecule has 2 amide bonds. The first-order chi connectivity index (χ1) is 13.1. The number of amides is 2. The van der Waals surface area contributed by atoms with Crippen molar-refractivity contribution in [2.75, 3.05) is 40.5 Å². The fourth-order valence-electron chi connectivity index (χ4n) is 3.19. The molecule has 150 valence electrons. The van der Waals surface area contributed by atoms with Crippen LogP contribution in [0.4, 0.5) is 0 Å². The van der Waals surface area contributed by atoms with Gasteiger partial charge in [-0.2, -0.15) is 0 Å².